The van der Waals surface area contributed by atoms with E-state index < -0.39 is 0 Å². The zero-order chi connectivity index (χ0) is 15.5. The van der Waals surface area contributed by atoms with Crippen molar-refractivity contribution in [3.05, 3.63) is 47.8 Å². The molecule has 0 aliphatic rings. The van der Waals surface area contributed by atoms with Gasteiger partial charge in [0.2, 0.25) is 0 Å². The van der Waals surface area contributed by atoms with Gasteiger partial charge in [0.15, 0.2) is 0 Å². The van der Waals surface area contributed by atoms with E-state index >= 15 is 0 Å². The summed E-state index contributed by atoms with van der Waals surface area (Å²) in [6.45, 7) is 9.37. The summed E-state index contributed by atoms with van der Waals surface area (Å²) in [5.41, 5.74) is 2.38. The van der Waals surface area contributed by atoms with Crippen LogP contribution in [0.15, 0.2) is 36.7 Å². The van der Waals surface area contributed by atoms with E-state index in [-0.39, 0.29) is 11.6 Å². The normalized spacial score (nSPS) is 13.2. The van der Waals surface area contributed by atoms with Crippen molar-refractivity contribution < 1.29 is 4.74 Å². The Morgan fingerprint density at radius 1 is 1.29 bits per heavy atom. The number of nitrogens with one attached hydrogen (secondary N) is 1. The van der Waals surface area contributed by atoms with Crippen molar-refractivity contribution >= 4 is 0 Å². The second kappa shape index (κ2) is 6.31. The van der Waals surface area contributed by atoms with Gasteiger partial charge in [-0.25, -0.2) is 0 Å². The van der Waals surface area contributed by atoms with Gasteiger partial charge in [0.05, 0.1) is 18.8 Å². The lowest BCUT2D eigenvalue weighted by atomic mass is 10.1. The molecule has 1 atom stereocenters. The summed E-state index contributed by atoms with van der Waals surface area (Å²) in [6.07, 6.45) is 4.02. The molecule has 0 aliphatic carbocycles. The lowest BCUT2D eigenvalue weighted by molar-refractivity contribution is 0.355. The molecule has 1 heterocycles. The van der Waals surface area contributed by atoms with Crippen LogP contribution in [0.4, 0.5) is 0 Å². The Labute approximate surface area is 127 Å². The van der Waals surface area contributed by atoms with Gasteiger partial charge < -0.3 is 10.1 Å². The van der Waals surface area contributed by atoms with E-state index in [9.17, 15) is 0 Å². The molecule has 2 rings (SSSR count). The molecule has 2 aromatic rings. The van der Waals surface area contributed by atoms with Crippen LogP contribution in [0.1, 0.15) is 44.9 Å². The maximum Gasteiger partial charge on any atom is 0.123 e. The molecule has 4 heteroatoms. The van der Waals surface area contributed by atoms with Crippen molar-refractivity contribution in [2.75, 3.05) is 7.11 Å². The molecular weight excluding hydrogens is 262 g/mol. The molecule has 1 aromatic carbocycles. The maximum absolute atomic E-state index is 5.41. The highest BCUT2D eigenvalue weighted by Gasteiger charge is 2.15. The fourth-order valence-corrected chi connectivity index (χ4v) is 2.22. The van der Waals surface area contributed by atoms with Gasteiger partial charge in [-0.1, -0.05) is 18.2 Å². The van der Waals surface area contributed by atoms with E-state index in [1.54, 1.807) is 7.11 Å². The summed E-state index contributed by atoms with van der Waals surface area (Å²) in [6, 6.07) is 8.33. The molecule has 0 spiro atoms. The molecular formula is C17H25N3O. The van der Waals surface area contributed by atoms with Gasteiger partial charge in [0.1, 0.15) is 5.75 Å². The predicted octanol–water partition coefficient (Wildman–Crippen LogP) is 3.50. The van der Waals surface area contributed by atoms with Crippen LogP contribution in [0.2, 0.25) is 0 Å². The molecule has 4 nitrogen and oxygen atoms in total. The van der Waals surface area contributed by atoms with Gasteiger partial charge in [-0.15, -0.1) is 0 Å². The molecule has 114 valence electrons. The lowest BCUT2D eigenvalue weighted by Gasteiger charge is -2.19. The number of aromatic nitrogens is 2. The second-order valence-corrected chi connectivity index (χ2v) is 6.31. The SMILES string of the molecule is COc1ccccc1[C@H](C)NCc1cnn(C(C)(C)C)c1. The standard InChI is InChI=1S/C17H25N3O/c1-13(15-8-6-7-9-16(15)21-5)18-10-14-11-19-20(12-14)17(2,3)4/h6-9,11-13,18H,10H2,1-5H3/t13-/m0/s1. The minimum atomic E-state index is 0.0204. The first kappa shape index (κ1) is 15.6. The fourth-order valence-electron chi connectivity index (χ4n) is 2.22. The third-order valence-corrected chi connectivity index (χ3v) is 3.54. The smallest absolute Gasteiger partial charge is 0.123 e. The molecule has 0 saturated heterocycles. The molecule has 0 fully saturated rings. The van der Waals surface area contributed by atoms with Crippen LogP contribution in [0.5, 0.6) is 5.75 Å². The van der Waals surface area contributed by atoms with Crippen molar-refractivity contribution in [2.45, 2.75) is 45.8 Å². The number of nitrogens with zero attached hydrogens (tertiary/aromatic N) is 2. The van der Waals surface area contributed by atoms with Crippen LogP contribution in [-0.2, 0) is 12.1 Å². The molecule has 0 bridgehead atoms. The molecule has 0 aliphatic heterocycles. The first-order chi connectivity index (χ1) is 9.91. The number of methoxy groups -OCH3 is 1. The van der Waals surface area contributed by atoms with E-state index in [4.69, 9.17) is 4.74 Å². The molecule has 0 unspecified atom stereocenters. The Kier molecular flexibility index (Phi) is 4.68. The van der Waals surface area contributed by atoms with E-state index in [0.717, 1.165) is 12.3 Å². The topological polar surface area (TPSA) is 39.1 Å². The summed E-state index contributed by atoms with van der Waals surface area (Å²) in [4.78, 5) is 0. The number of hydrogen-bond acceptors (Lipinski definition) is 3. The van der Waals surface area contributed by atoms with Crippen LogP contribution < -0.4 is 10.1 Å². The van der Waals surface area contributed by atoms with Gasteiger partial charge in [0, 0.05) is 29.9 Å². The van der Waals surface area contributed by atoms with Gasteiger partial charge in [-0.05, 0) is 33.8 Å². The van der Waals surface area contributed by atoms with E-state index in [1.807, 2.05) is 29.1 Å². The third kappa shape index (κ3) is 3.85. The molecule has 0 radical (unpaired) electrons. The zero-order valence-electron chi connectivity index (χ0n) is 13.6. The Morgan fingerprint density at radius 2 is 2.00 bits per heavy atom. The van der Waals surface area contributed by atoms with E-state index in [1.165, 1.54) is 11.1 Å². The molecule has 21 heavy (non-hydrogen) atoms. The van der Waals surface area contributed by atoms with Crippen LogP contribution in [0.3, 0.4) is 0 Å². The number of ether oxygens (including phenoxy) is 1. The van der Waals surface area contributed by atoms with Gasteiger partial charge in [-0.2, -0.15) is 5.10 Å². The zero-order valence-corrected chi connectivity index (χ0v) is 13.6. The van der Waals surface area contributed by atoms with E-state index in [0.29, 0.717) is 0 Å². The fraction of sp³-hybridized carbons (Fsp3) is 0.471. The van der Waals surface area contributed by atoms with Crippen molar-refractivity contribution in [3.63, 3.8) is 0 Å². The summed E-state index contributed by atoms with van der Waals surface area (Å²) in [7, 11) is 1.71. The molecule has 0 saturated carbocycles. The number of benzene rings is 1. The highest BCUT2D eigenvalue weighted by molar-refractivity contribution is 5.35. The lowest BCUT2D eigenvalue weighted by Crippen LogP contribution is -2.22. The molecule has 0 amide bonds. The Bertz CT molecular complexity index is 584. The average Bonchev–Trinajstić information content (AvgIpc) is 2.93. The van der Waals surface area contributed by atoms with Gasteiger partial charge in [0.25, 0.3) is 0 Å². The van der Waals surface area contributed by atoms with Crippen molar-refractivity contribution in [2.24, 2.45) is 0 Å². The van der Waals surface area contributed by atoms with Gasteiger partial charge >= 0.3 is 0 Å². The minimum absolute atomic E-state index is 0.0204. The first-order valence-electron chi connectivity index (χ1n) is 7.32. The van der Waals surface area contributed by atoms with Crippen LogP contribution in [0.25, 0.3) is 0 Å². The predicted molar refractivity (Wildman–Crippen MR) is 85.5 cm³/mol. The summed E-state index contributed by atoms with van der Waals surface area (Å²) in [5.74, 6) is 0.919. The van der Waals surface area contributed by atoms with Crippen molar-refractivity contribution in [1.82, 2.24) is 15.1 Å². The van der Waals surface area contributed by atoms with Crippen LogP contribution in [0, 0.1) is 0 Å². The summed E-state index contributed by atoms with van der Waals surface area (Å²) < 4.78 is 7.41. The average molecular weight is 287 g/mol. The summed E-state index contributed by atoms with van der Waals surface area (Å²) in [5, 5.41) is 7.95. The minimum Gasteiger partial charge on any atom is -0.496 e. The number of rotatable bonds is 5. The first-order valence-corrected chi connectivity index (χ1v) is 7.32. The Morgan fingerprint density at radius 3 is 2.62 bits per heavy atom. The van der Waals surface area contributed by atoms with Crippen molar-refractivity contribution in [3.8, 4) is 5.75 Å². The highest BCUT2D eigenvalue weighted by atomic mass is 16.5. The third-order valence-electron chi connectivity index (χ3n) is 3.54. The molecule has 1 N–H and O–H groups in total. The maximum atomic E-state index is 5.41. The largest absolute Gasteiger partial charge is 0.496 e. The van der Waals surface area contributed by atoms with Crippen molar-refractivity contribution in [1.29, 1.82) is 0 Å². The highest BCUT2D eigenvalue weighted by Crippen LogP contribution is 2.24. The second-order valence-electron chi connectivity index (χ2n) is 6.31. The van der Waals surface area contributed by atoms with Gasteiger partial charge in [-0.3, -0.25) is 4.68 Å². The van der Waals surface area contributed by atoms with Crippen LogP contribution in [-0.4, -0.2) is 16.9 Å². The molecule has 1 aromatic heterocycles. The quantitative estimate of drug-likeness (QED) is 0.915. The Balaban J connectivity index is 2.01. The monoisotopic (exact) mass is 287 g/mol. The Hall–Kier alpha value is -1.81. The number of hydrogen-bond donors (Lipinski definition) is 1. The summed E-state index contributed by atoms with van der Waals surface area (Å²) >= 11 is 0. The van der Waals surface area contributed by atoms with E-state index in [2.05, 4.69) is 50.4 Å². The van der Waals surface area contributed by atoms with Crippen LogP contribution >= 0.6 is 0 Å². The number of para-hydroxylation sites is 1.